The van der Waals surface area contributed by atoms with Gasteiger partial charge in [0.2, 0.25) is 0 Å². The maximum Gasteiger partial charge on any atom is 0.122 e. The zero-order valence-electron chi connectivity index (χ0n) is 7.32. The molecule has 66 valence electrons. The molecule has 0 aliphatic heterocycles. The highest BCUT2D eigenvalue weighted by atomic mass is 16.5. The number of pyridine rings is 1. The smallest absolute Gasteiger partial charge is 0.122 e. The fraction of sp³-hybridized carbons (Fsp3) is 0.444. The van der Waals surface area contributed by atoms with E-state index in [2.05, 4.69) is 4.98 Å². The average molecular weight is 167 g/mol. The Bertz CT molecular complexity index is 250. The van der Waals surface area contributed by atoms with Crippen LogP contribution in [0.25, 0.3) is 0 Å². The zero-order chi connectivity index (χ0) is 8.97. The highest BCUT2D eigenvalue weighted by molar-refractivity contribution is 5.24. The largest absolute Gasteiger partial charge is 0.497 e. The van der Waals surface area contributed by atoms with Gasteiger partial charge in [-0.25, -0.2) is 0 Å². The summed E-state index contributed by atoms with van der Waals surface area (Å²) in [6.45, 7) is 2.03. The first-order valence-corrected chi connectivity index (χ1v) is 3.88. The minimum Gasteiger partial charge on any atom is -0.497 e. The van der Waals surface area contributed by atoms with Gasteiger partial charge in [-0.1, -0.05) is 6.92 Å². The second-order valence-electron chi connectivity index (χ2n) is 2.70. The number of hydrogen-bond donors (Lipinski definition) is 1. The summed E-state index contributed by atoms with van der Waals surface area (Å²) in [6, 6.07) is 3.62. The van der Waals surface area contributed by atoms with Crippen LogP contribution in [0.1, 0.15) is 18.5 Å². The normalized spacial score (nSPS) is 12.6. The van der Waals surface area contributed by atoms with Crippen molar-refractivity contribution < 1.29 is 9.84 Å². The van der Waals surface area contributed by atoms with Gasteiger partial charge in [0.15, 0.2) is 0 Å². The van der Waals surface area contributed by atoms with E-state index in [1.54, 1.807) is 19.4 Å². The average Bonchev–Trinajstić information content (AvgIpc) is 2.17. The van der Waals surface area contributed by atoms with Crippen molar-refractivity contribution in [2.75, 3.05) is 13.7 Å². The predicted octanol–water partition coefficient (Wildman–Crippen LogP) is 1.19. The van der Waals surface area contributed by atoms with Crippen molar-refractivity contribution in [3.05, 3.63) is 24.0 Å². The fourth-order valence-electron chi connectivity index (χ4n) is 0.918. The molecule has 12 heavy (non-hydrogen) atoms. The minimum absolute atomic E-state index is 0.0695. The van der Waals surface area contributed by atoms with Crippen LogP contribution >= 0.6 is 0 Å². The molecule has 1 rings (SSSR count). The van der Waals surface area contributed by atoms with Crippen molar-refractivity contribution in [1.82, 2.24) is 4.98 Å². The number of aliphatic hydroxyl groups is 1. The molecule has 1 aromatic rings. The van der Waals surface area contributed by atoms with Gasteiger partial charge >= 0.3 is 0 Å². The number of ether oxygens (including phenoxy) is 1. The van der Waals surface area contributed by atoms with E-state index in [1.165, 1.54) is 0 Å². The van der Waals surface area contributed by atoms with Crippen molar-refractivity contribution in [3.63, 3.8) is 0 Å². The van der Waals surface area contributed by atoms with Crippen molar-refractivity contribution >= 4 is 0 Å². The third kappa shape index (κ3) is 1.95. The number of hydrogen-bond acceptors (Lipinski definition) is 3. The minimum atomic E-state index is 0.0695. The predicted molar refractivity (Wildman–Crippen MR) is 46.3 cm³/mol. The van der Waals surface area contributed by atoms with E-state index < -0.39 is 0 Å². The van der Waals surface area contributed by atoms with Gasteiger partial charge in [0.25, 0.3) is 0 Å². The third-order valence-corrected chi connectivity index (χ3v) is 1.77. The Balaban J connectivity index is 2.86. The first-order chi connectivity index (χ1) is 5.77. The molecule has 0 aliphatic carbocycles. The van der Waals surface area contributed by atoms with E-state index in [0.29, 0.717) is 0 Å². The van der Waals surface area contributed by atoms with Gasteiger partial charge in [0.05, 0.1) is 13.7 Å². The molecule has 1 aromatic heterocycles. The molecule has 1 N–H and O–H groups in total. The summed E-state index contributed by atoms with van der Waals surface area (Å²) in [7, 11) is 1.61. The van der Waals surface area contributed by atoms with Crippen molar-refractivity contribution in [2.45, 2.75) is 12.8 Å². The molecular weight excluding hydrogens is 154 g/mol. The standard InChI is InChI=1S/C9H13NO2/c1-7(6-11)9-5-8(12-2)3-4-10-9/h3-5,7,11H,6H2,1-2H3/t7-/m1/s1. The molecule has 1 atom stereocenters. The number of aromatic nitrogens is 1. The number of aliphatic hydroxyl groups excluding tert-OH is 1. The second kappa shape index (κ2) is 4.07. The molecule has 0 spiro atoms. The Kier molecular flexibility index (Phi) is 3.05. The summed E-state index contributed by atoms with van der Waals surface area (Å²) in [5.41, 5.74) is 0.858. The number of rotatable bonds is 3. The highest BCUT2D eigenvalue weighted by Gasteiger charge is 2.05. The van der Waals surface area contributed by atoms with Crippen molar-refractivity contribution in [3.8, 4) is 5.75 Å². The van der Waals surface area contributed by atoms with Crippen LogP contribution in [0.4, 0.5) is 0 Å². The molecule has 3 heteroatoms. The van der Waals surface area contributed by atoms with Crippen LogP contribution in [-0.4, -0.2) is 23.8 Å². The molecule has 0 saturated heterocycles. The summed E-state index contributed by atoms with van der Waals surface area (Å²) < 4.78 is 5.03. The number of methoxy groups -OCH3 is 1. The van der Waals surface area contributed by atoms with E-state index in [1.807, 2.05) is 13.0 Å². The molecule has 0 aliphatic rings. The van der Waals surface area contributed by atoms with Crippen LogP contribution in [-0.2, 0) is 0 Å². The van der Waals surface area contributed by atoms with Gasteiger partial charge in [0.1, 0.15) is 5.75 Å². The van der Waals surface area contributed by atoms with Gasteiger partial charge in [-0.15, -0.1) is 0 Å². The Morgan fingerprint density at radius 1 is 1.67 bits per heavy atom. The Morgan fingerprint density at radius 2 is 2.42 bits per heavy atom. The summed E-state index contributed by atoms with van der Waals surface area (Å²) in [5.74, 6) is 0.848. The topological polar surface area (TPSA) is 42.4 Å². The van der Waals surface area contributed by atoms with Crippen LogP contribution in [0.3, 0.4) is 0 Å². The summed E-state index contributed by atoms with van der Waals surface area (Å²) in [5, 5.41) is 8.87. The van der Waals surface area contributed by atoms with E-state index >= 15 is 0 Å². The van der Waals surface area contributed by atoms with E-state index in [0.717, 1.165) is 11.4 Å². The van der Waals surface area contributed by atoms with Crippen LogP contribution in [0.5, 0.6) is 5.75 Å². The van der Waals surface area contributed by atoms with Crippen molar-refractivity contribution in [2.24, 2.45) is 0 Å². The lowest BCUT2D eigenvalue weighted by Gasteiger charge is -2.07. The van der Waals surface area contributed by atoms with Gasteiger partial charge < -0.3 is 9.84 Å². The quantitative estimate of drug-likeness (QED) is 0.735. The van der Waals surface area contributed by atoms with Gasteiger partial charge in [-0.05, 0) is 6.07 Å². The molecule has 0 fully saturated rings. The lowest BCUT2D eigenvalue weighted by molar-refractivity contribution is 0.270. The Hall–Kier alpha value is -1.09. The molecule has 0 saturated carbocycles. The molecule has 0 radical (unpaired) electrons. The fourth-order valence-corrected chi connectivity index (χ4v) is 0.918. The highest BCUT2D eigenvalue weighted by Crippen LogP contribution is 2.16. The van der Waals surface area contributed by atoms with Gasteiger partial charge in [0, 0.05) is 23.9 Å². The molecular formula is C9H13NO2. The van der Waals surface area contributed by atoms with Crippen LogP contribution in [0.2, 0.25) is 0 Å². The maximum absolute atomic E-state index is 8.87. The van der Waals surface area contributed by atoms with Crippen LogP contribution < -0.4 is 4.74 Å². The Labute approximate surface area is 72.0 Å². The van der Waals surface area contributed by atoms with E-state index in [4.69, 9.17) is 9.84 Å². The zero-order valence-corrected chi connectivity index (χ0v) is 7.32. The summed E-state index contributed by atoms with van der Waals surface area (Å²) in [6.07, 6.45) is 1.68. The lowest BCUT2D eigenvalue weighted by Crippen LogP contribution is -2.01. The molecule has 0 amide bonds. The maximum atomic E-state index is 8.87. The first-order valence-electron chi connectivity index (χ1n) is 3.88. The Morgan fingerprint density at radius 3 is 3.00 bits per heavy atom. The first kappa shape index (κ1) is 9.00. The monoisotopic (exact) mass is 167 g/mol. The third-order valence-electron chi connectivity index (χ3n) is 1.77. The molecule has 0 unspecified atom stereocenters. The van der Waals surface area contributed by atoms with Gasteiger partial charge in [-0.2, -0.15) is 0 Å². The van der Waals surface area contributed by atoms with E-state index in [-0.39, 0.29) is 12.5 Å². The van der Waals surface area contributed by atoms with Crippen LogP contribution in [0, 0.1) is 0 Å². The lowest BCUT2D eigenvalue weighted by atomic mass is 10.1. The molecule has 0 bridgehead atoms. The molecule has 3 nitrogen and oxygen atoms in total. The van der Waals surface area contributed by atoms with Crippen LogP contribution in [0.15, 0.2) is 18.3 Å². The summed E-state index contributed by atoms with van der Waals surface area (Å²) in [4.78, 5) is 4.12. The molecule has 1 heterocycles. The summed E-state index contributed by atoms with van der Waals surface area (Å²) >= 11 is 0. The SMILES string of the molecule is COc1ccnc([C@H](C)CO)c1. The molecule has 0 aromatic carbocycles. The second-order valence-corrected chi connectivity index (χ2v) is 2.70. The van der Waals surface area contributed by atoms with Crippen molar-refractivity contribution in [1.29, 1.82) is 0 Å². The van der Waals surface area contributed by atoms with E-state index in [9.17, 15) is 0 Å². The number of nitrogens with zero attached hydrogens (tertiary/aromatic N) is 1. The van der Waals surface area contributed by atoms with Gasteiger partial charge in [-0.3, -0.25) is 4.98 Å².